The van der Waals surface area contributed by atoms with Gasteiger partial charge in [0.25, 0.3) is 0 Å². The minimum absolute atomic E-state index is 0.0408. The first-order valence-electron chi connectivity index (χ1n) is 8.30. The topological polar surface area (TPSA) is 83.0 Å². The molecule has 3 aromatic rings. The Labute approximate surface area is 151 Å². The van der Waals surface area contributed by atoms with E-state index in [0.29, 0.717) is 29.6 Å². The average Bonchev–Trinajstić information content (AvgIpc) is 2.68. The molecule has 3 N–H and O–H groups in total. The molecule has 0 bridgehead atoms. The molecule has 0 aliphatic heterocycles. The third kappa shape index (κ3) is 4.52. The van der Waals surface area contributed by atoms with E-state index in [1.54, 1.807) is 36.7 Å². The van der Waals surface area contributed by atoms with Gasteiger partial charge >= 0.3 is 0 Å². The Kier molecular flexibility index (Phi) is 5.70. The van der Waals surface area contributed by atoms with E-state index in [4.69, 9.17) is 0 Å². The van der Waals surface area contributed by atoms with Crippen molar-refractivity contribution in [1.82, 2.24) is 15.0 Å². The lowest BCUT2D eigenvalue weighted by Crippen LogP contribution is -2.21. The van der Waals surface area contributed by atoms with Crippen LogP contribution in [0.15, 0.2) is 54.9 Å². The van der Waals surface area contributed by atoms with Crippen LogP contribution >= 0.6 is 0 Å². The number of hydrogen-bond acceptors (Lipinski definition) is 6. The highest BCUT2D eigenvalue weighted by Crippen LogP contribution is 2.22. The lowest BCUT2D eigenvalue weighted by Gasteiger charge is -2.14. The normalized spacial score (nSPS) is 11.8. The van der Waals surface area contributed by atoms with Gasteiger partial charge in [0.1, 0.15) is 11.6 Å². The fourth-order valence-corrected chi connectivity index (χ4v) is 2.37. The van der Waals surface area contributed by atoms with Crippen molar-refractivity contribution in [3.8, 4) is 11.3 Å². The highest BCUT2D eigenvalue weighted by molar-refractivity contribution is 5.64. The van der Waals surface area contributed by atoms with Crippen molar-refractivity contribution in [3.05, 3.63) is 66.2 Å². The summed E-state index contributed by atoms with van der Waals surface area (Å²) in [6, 6.07) is 11.9. The van der Waals surface area contributed by atoms with Gasteiger partial charge in [-0.15, -0.1) is 0 Å². The molecule has 26 heavy (non-hydrogen) atoms. The number of nitrogens with one attached hydrogen (secondary N) is 2. The number of nitrogens with zero attached hydrogens (tertiary/aromatic N) is 3. The number of hydrogen-bond donors (Lipinski definition) is 3. The Morgan fingerprint density at radius 3 is 2.62 bits per heavy atom. The molecule has 0 saturated heterocycles. The smallest absolute Gasteiger partial charge is 0.225 e. The molecule has 0 aliphatic rings. The van der Waals surface area contributed by atoms with Crippen molar-refractivity contribution in [2.24, 2.45) is 0 Å². The second-order valence-corrected chi connectivity index (χ2v) is 5.87. The van der Waals surface area contributed by atoms with E-state index in [-0.39, 0.29) is 18.5 Å². The molecule has 0 spiro atoms. The molecule has 7 heteroatoms. The van der Waals surface area contributed by atoms with Gasteiger partial charge in [0, 0.05) is 42.2 Å². The highest BCUT2D eigenvalue weighted by atomic mass is 19.1. The molecule has 0 unspecified atom stereocenters. The van der Waals surface area contributed by atoms with Crippen LogP contribution in [0.3, 0.4) is 0 Å². The number of rotatable bonds is 7. The molecule has 1 atom stereocenters. The monoisotopic (exact) mass is 353 g/mol. The van der Waals surface area contributed by atoms with Crippen molar-refractivity contribution in [2.75, 3.05) is 17.2 Å². The molecule has 134 valence electrons. The summed E-state index contributed by atoms with van der Waals surface area (Å²) in [6.07, 6.45) is 3.38. The summed E-state index contributed by atoms with van der Waals surface area (Å²) in [5, 5.41) is 15.4. The number of aliphatic hydroxyl groups excluding tert-OH is 1. The van der Waals surface area contributed by atoms with Crippen LogP contribution in [0.1, 0.15) is 12.5 Å². The van der Waals surface area contributed by atoms with Crippen molar-refractivity contribution in [1.29, 1.82) is 0 Å². The van der Waals surface area contributed by atoms with E-state index >= 15 is 0 Å². The molecule has 3 rings (SSSR count). The molecular weight excluding hydrogens is 333 g/mol. The van der Waals surface area contributed by atoms with Crippen LogP contribution in [0.4, 0.5) is 16.2 Å². The summed E-state index contributed by atoms with van der Waals surface area (Å²) >= 11 is 0. The second-order valence-electron chi connectivity index (χ2n) is 5.87. The summed E-state index contributed by atoms with van der Waals surface area (Å²) in [5.74, 6) is 0.676. The zero-order valence-corrected chi connectivity index (χ0v) is 14.4. The first-order valence-corrected chi connectivity index (χ1v) is 8.30. The molecule has 0 radical (unpaired) electrons. The third-order valence-corrected chi connectivity index (χ3v) is 3.77. The second kappa shape index (κ2) is 8.35. The largest absolute Gasteiger partial charge is 0.394 e. The summed E-state index contributed by atoms with van der Waals surface area (Å²) in [5.41, 5.74) is 2.14. The number of anilines is 2. The van der Waals surface area contributed by atoms with E-state index in [1.165, 1.54) is 6.07 Å². The van der Waals surface area contributed by atoms with Gasteiger partial charge in [-0.1, -0.05) is 18.2 Å². The molecule has 0 fully saturated rings. The van der Waals surface area contributed by atoms with E-state index in [9.17, 15) is 9.50 Å². The summed E-state index contributed by atoms with van der Waals surface area (Å²) in [6.45, 7) is 2.09. The molecule has 0 saturated carbocycles. The van der Waals surface area contributed by atoms with Crippen LogP contribution in [-0.2, 0) is 6.54 Å². The molecular formula is C19H20FN5O. The molecule has 2 aromatic heterocycles. The standard InChI is InChI=1S/C19H20FN5O/c1-13(12-26)23-19-24-17(14-6-8-21-9-7-14)10-18(25-19)22-11-15-4-2-3-5-16(15)20/h2-10,13,26H,11-12H2,1H3,(H2,22,23,24,25)/t13-/m0/s1. The first-order chi connectivity index (χ1) is 12.7. The van der Waals surface area contributed by atoms with Crippen molar-refractivity contribution < 1.29 is 9.50 Å². The maximum absolute atomic E-state index is 13.8. The quantitative estimate of drug-likeness (QED) is 0.605. The van der Waals surface area contributed by atoms with Gasteiger partial charge < -0.3 is 15.7 Å². The van der Waals surface area contributed by atoms with Crippen LogP contribution in [0, 0.1) is 5.82 Å². The number of aromatic nitrogens is 3. The highest BCUT2D eigenvalue weighted by Gasteiger charge is 2.10. The predicted molar refractivity (Wildman–Crippen MR) is 99.2 cm³/mol. The fourth-order valence-electron chi connectivity index (χ4n) is 2.37. The summed E-state index contributed by atoms with van der Waals surface area (Å²) < 4.78 is 13.8. The van der Waals surface area contributed by atoms with Gasteiger partial charge in [0.15, 0.2) is 0 Å². The Morgan fingerprint density at radius 1 is 1.12 bits per heavy atom. The van der Waals surface area contributed by atoms with Gasteiger partial charge in [-0.2, -0.15) is 4.98 Å². The Bertz CT molecular complexity index is 860. The van der Waals surface area contributed by atoms with E-state index in [0.717, 1.165) is 5.56 Å². The molecule has 6 nitrogen and oxygen atoms in total. The number of aliphatic hydroxyl groups is 1. The minimum Gasteiger partial charge on any atom is -0.394 e. The van der Waals surface area contributed by atoms with Gasteiger partial charge in [-0.25, -0.2) is 9.37 Å². The Hall–Kier alpha value is -3.06. The van der Waals surface area contributed by atoms with Gasteiger partial charge in [0.2, 0.25) is 5.95 Å². The average molecular weight is 353 g/mol. The van der Waals surface area contributed by atoms with E-state index in [1.807, 2.05) is 19.1 Å². The maximum atomic E-state index is 13.8. The van der Waals surface area contributed by atoms with Crippen LogP contribution in [0.25, 0.3) is 11.3 Å². The lowest BCUT2D eigenvalue weighted by atomic mass is 10.2. The van der Waals surface area contributed by atoms with Crippen LogP contribution in [0.5, 0.6) is 0 Å². The summed E-state index contributed by atoms with van der Waals surface area (Å²) in [7, 11) is 0. The molecule has 0 amide bonds. The van der Waals surface area contributed by atoms with Crippen molar-refractivity contribution in [3.63, 3.8) is 0 Å². The zero-order valence-electron chi connectivity index (χ0n) is 14.4. The summed E-state index contributed by atoms with van der Waals surface area (Å²) in [4.78, 5) is 12.9. The van der Waals surface area contributed by atoms with Crippen molar-refractivity contribution in [2.45, 2.75) is 19.5 Å². The van der Waals surface area contributed by atoms with Gasteiger partial charge in [0.05, 0.1) is 12.3 Å². The lowest BCUT2D eigenvalue weighted by molar-refractivity contribution is 0.281. The third-order valence-electron chi connectivity index (χ3n) is 3.77. The molecule has 0 aliphatic carbocycles. The Morgan fingerprint density at radius 2 is 1.88 bits per heavy atom. The van der Waals surface area contributed by atoms with Gasteiger partial charge in [-0.05, 0) is 25.1 Å². The number of halogens is 1. The molecule has 1 aromatic carbocycles. The van der Waals surface area contributed by atoms with Gasteiger partial charge in [-0.3, -0.25) is 4.98 Å². The van der Waals surface area contributed by atoms with Crippen molar-refractivity contribution >= 4 is 11.8 Å². The van der Waals surface area contributed by atoms with Crippen LogP contribution in [0.2, 0.25) is 0 Å². The maximum Gasteiger partial charge on any atom is 0.225 e. The number of benzene rings is 1. The van der Waals surface area contributed by atoms with Crippen LogP contribution in [-0.4, -0.2) is 32.7 Å². The minimum atomic E-state index is -0.268. The van der Waals surface area contributed by atoms with E-state index < -0.39 is 0 Å². The fraction of sp³-hybridized carbons (Fsp3) is 0.211. The van der Waals surface area contributed by atoms with E-state index in [2.05, 4.69) is 25.6 Å². The zero-order chi connectivity index (χ0) is 18.4. The predicted octanol–water partition coefficient (Wildman–Crippen LogP) is 3.08. The Balaban J connectivity index is 1.88. The molecule has 2 heterocycles. The number of pyridine rings is 1. The first kappa shape index (κ1) is 17.8. The van der Waals surface area contributed by atoms with Crippen LogP contribution < -0.4 is 10.6 Å². The SMILES string of the molecule is C[C@@H](CO)Nc1nc(NCc2ccccc2F)cc(-c2ccncc2)n1.